The van der Waals surface area contributed by atoms with Crippen LogP contribution in [0.4, 0.5) is 13.2 Å². The van der Waals surface area contributed by atoms with E-state index < -0.39 is 28.9 Å². The maximum Gasteiger partial charge on any atom is 0.436 e. The monoisotopic (exact) mass is 255 g/mol. The smallest absolute Gasteiger partial charge is 0.436 e. The van der Waals surface area contributed by atoms with Gasteiger partial charge >= 0.3 is 6.18 Å². The molecular weight excluding hydrogens is 249 g/mol. The molecule has 0 saturated carbocycles. The number of carboxylic acids is 1. The number of aliphatic carboxylic acids is 1. The topological polar surface area (TPSA) is 58.0 Å². The predicted octanol–water partition coefficient (Wildman–Crippen LogP) is 1.17. The minimum Gasteiger partial charge on any atom is -0.548 e. The minimum absolute atomic E-state index is 0.0642. The van der Waals surface area contributed by atoms with Crippen LogP contribution in [0.5, 0.6) is 0 Å². The van der Waals surface area contributed by atoms with E-state index in [1.54, 1.807) is 0 Å². The Kier molecular flexibility index (Phi) is 3.18. The van der Waals surface area contributed by atoms with E-state index in [9.17, 15) is 23.1 Å². The molecule has 0 unspecified atom stereocenters. The normalized spacial score (nSPS) is 13.9. The average molecular weight is 256 g/mol. The predicted molar refractivity (Wildman–Crippen MR) is 46.7 cm³/mol. The molecule has 0 bridgehead atoms. The maximum atomic E-state index is 12.4. The Bertz CT molecular complexity index is 428. The molecule has 0 aromatic carbocycles. The summed E-state index contributed by atoms with van der Waals surface area (Å²) >= 11 is 5.43. The SMILES string of the molecule is Cc1c(Cl)c(C(F)(F)F)nn1[C@H](C)C(=O)[O-]. The second-order valence-corrected chi connectivity index (χ2v) is 3.56. The van der Waals surface area contributed by atoms with E-state index in [1.807, 2.05) is 0 Å². The lowest BCUT2D eigenvalue weighted by Gasteiger charge is -2.14. The molecule has 0 aliphatic carbocycles. The number of halogens is 4. The highest BCUT2D eigenvalue weighted by atomic mass is 35.5. The fourth-order valence-electron chi connectivity index (χ4n) is 1.16. The Morgan fingerprint density at radius 1 is 1.56 bits per heavy atom. The van der Waals surface area contributed by atoms with Gasteiger partial charge in [-0.1, -0.05) is 11.6 Å². The number of alkyl halides is 3. The van der Waals surface area contributed by atoms with Crippen LogP contribution in [-0.2, 0) is 11.0 Å². The van der Waals surface area contributed by atoms with Crippen molar-refractivity contribution in [2.75, 3.05) is 0 Å². The molecular formula is C8H7ClF3N2O2-. The summed E-state index contributed by atoms with van der Waals surface area (Å²) in [6, 6.07) is -1.31. The molecule has 16 heavy (non-hydrogen) atoms. The quantitative estimate of drug-likeness (QED) is 0.797. The van der Waals surface area contributed by atoms with Gasteiger partial charge in [-0.25, -0.2) is 0 Å². The second kappa shape index (κ2) is 3.97. The lowest BCUT2D eigenvalue weighted by molar-refractivity contribution is -0.310. The molecule has 0 spiro atoms. The third kappa shape index (κ3) is 2.13. The Labute approximate surface area is 93.6 Å². The van der Waals surface area contributed by atoms with Crippen LogP contribution in [0.25, 0.3) is 0 Å². The van der Waals surface area contributed by atoms with Gasteiger partial charge in [0, 0.05) is 0 Å². The van der Waals surface area contributed by atoms with Crippen molar-refractivity contribution < 1.29 is 23.1 Å². The Morgan fingerprint density at radius 3 is 2.38 bits per heavy atom. The highest BCUT2D eigenvalue weighted by Gasteiger charge is 2.38. The molecule has 1 heterocycles. The summed E-state index contributed by atoms with van der Waals surface area (Å²) in [4.78, 5) is 10.5. The van der Waals surface area contributed by atoms with Gasteiger partial charge in [-0.3, -0.25) is 4.68 Å². The third-order valence-corrected chi connectivity index (χ3v) is 2.51. The zero-order chi connectivity index (χ0) is 12.7. The van der Waals surface area contributed by atoms with Gasteiger partial charge in [-0.15, -0.1) is 0 Å². The lowest BCUT2D eigenvalue weighted by Crippen LogP contribution is -2.32. The second-order valence-electron chi connectivity index (χ2n) is 3.19. The molecule has 90 valence electrons. The first kappa shape index (κ1) is 12.8. The number of hydrogen-bond acceptors (Lipinski definition) is 3. The van der Waals surface area contributed by atoms with Crippen LogP contribution >= 0.6 is 11.6 Å². The fraction of sp³-hybridized carbons (Fsp3) is 0.500. The number of aromatic nitrogens is 2. The van der Waals surface area contributed by atoms with Crippen LogP contribution in [0.1, 0.15) is 24.4 Å². The van der Waals surface area contributed by atoms with Gasteiger partial charge in [0.2, 0.25) is 0 Å². The number of rotatable bonds is 2. The van der Waals surface area contributed by atoms with Gasteiger partial charge in [0.15, 0.2) is 5.69 Å². The summed E-state index contributed by atoms with van der Waals surface area (Å²) in [6.07, 6.45) is -4.71. The summed E-state index contributed by atoms with van der Waals surface area (Å²) in [5.41, 5.74) is -1.36. The van der Waals surface area contributed by atoms with E-state index in [2.05, 4.69) is 5.10 Å². The van der Waals surface area contributed by atoms with Gasteiger partial charge in [-0.2, -0.15) is 18.3 Å². The zero-order valence-corrected chi connectivity index (χ0v) is 9.06. The lowest BCUT2D eigenvalue weighted by atomic mass is 10.3. The number of carboxylic acid groups (broad SMARTS) is 1. The summed E-state index contributed by atoms with van der Waals surface area (Å²) in [7, 11) is 0. The Morgan fingerprint density at radius 2 is 2.06 bits per heavy atom. The van der Waals surface area contributed by atoms with Gasteiger partial charge in [-0.05, 0) is 13.8 Å². The maximum absolute atomic E-state index is 12.4. The number of hydrogen-bond donors (Lipinski definition) is 0. The first-order valence-electron chi connectivity index (χ1n) is 4.19. The molecule has 1 rings (SSSR count). The Balaban J connectivity index is 3.30. The molecule has 0 aliphatic rings. The van der Waals surface area contributed by atoms with Crippen molar-refractivity contribution in [1.82, 2.24) is 9.78 Å². The summed E-state index contributed by atoms with van der Waals surface area (Å²) in [6.45, 7) is 2.41. The van der Waals surface area contributed by atoms with Crippen LogP contribution in [0, 0.1) is 6.92 Å². The molecule has 1 aromatic rings. The van der Waals surface area contributed by atoms with Crippen molar-refractivity contribution in [3.8, 4) is 0 Å². The van der Waals surface area contributed by atoms with Crippen LogP contribution in [0.2, 0.25) is 5.02 Å². The summed E-state index contributed by atoms with van der Waals surface area (Å²) < 4.78 is 37.8. The first-order valence-corrected chi connectivity index (χ1v) is 4.56. The van der Waals surface area contributed by atoms with Crippen molar-refractivity contribution in [2.45, 2.75) is 26.1 Å². The molecule has 0 radical (unpaired) electrons. The molecule has 0 N–H and O–H groups in total. The van der Waals surface area contributed by atoms with E-state index in [0.717, 1.165) is 6.92 Å². The average Bonchev–Trinajstić information content (AvgIpc) is 2.42. The van der Waals surface area contributed by atoms with E-state index in [0.29, 0.717) is 4.68 Å². The molecule has 0 fully saturated rings. The number of carbonyl (C=O) groups is 1. The van der Waals surface area contributed by atoms with E-state index in [-0.39, 0.29) is 5.69 Å². The fourth-order valence-corrected chi connectivity index (χ4v) is 1.39. The molecule has 1 atom stereocenters. The standard InChI is InChI=1S/C8H8ClF3N2O2/c1-3-5(9)6(8(10,11)12)13-14(3)4(2)7(15)16/h4H,1-2H3,(H,15,16)/p-1/t4-/m1/s1. The summed E-state index contributed by atoms with van der Waals surface area (Å²) in [5.74, 6) is -1.53. The molecule has 0 amide bonds. The van der Waals surface area contributed by atoms with E-state index in [1.165, 1.54) is 6.92 Å². The van der Waals surface area contributed by atoms with Crippen molar-refractivity contribution in [1.29, 1.82) is 0 Å². The van der Waals surface area contributed by atoms with Gasteiger partial charge in [0.05, 0.1) is 22.7 Å². The van der Waals surface area contributed by atoms with E-state index in [4.69, 9.17) is 11.6 Å². The molecule has 0 saturated heterocycles. The highest BCUT2D eigenvalue weighted by molar-refractivity contribution is 6.32. The molecule has 8 heteroatoms. The van der Waals surface area contributed by atoms with Crippen LogP contribution in [0.3, 0.4) is 0 Å². The van der Waals surface area contributed by atoms with Crippen LogP contribution in [-0.4, -0.2) is 15.7 Å². The third-order valence-electron chi connectivity index (χ3n) is 2.05. The molecule has 4 nitrogen and oxygen atoms in total. The van der Waals surface area contributed by atoms with Crippen LogP contribution in [0.15, 0.2) is 0 Å². The zero-order valence-electron chi connectivity index (χ0n) is 8.30. The van der Waals surface area contributed by atoms with Crippen LogP contribution < -0.4 is 5.11 Å². The minimum atomic E-state index is -4.71. The molecule has 0 aliphatic heterocycles. The van der Waals surface area contributed by atoms with Gasteiger partial charge in [0.1, 0.15) is 0 Å². The number of carbonyl (C=O) groups excluding carboxylic acids is 1. The largest absolute Gasteiger partial charge is 0.548 e. The van der Waals surface area contributed by atoms with Gasteiger partial charge < -0.3 is 9.90 Å². The first-order chi connectivity index (χ1) is 7.16. The molecule has 1 aromatic heterocycles. The Hall–Kier alpha value is -1.24. The van der Waals surface area contributed by atoms with Gasteiger partial charge in [0.25, 0.3) is 0 Å². The number of nitrogens with zero attached hydrogens (tertiary/aromatic N) is 2. The van der Waals surface area contributed by atoms with Crippen molar-refractivity contribution >= 4 is 17.6 Å². The van der Waals surface area contributed by atoms with Crippen molar-refractivity contribution in [3.63, 3.8) is 0 Å². The van der Waals surface area contributed by atoms with Crippen molar-refractivity contribution in [2.24, 2.45) is 0 Å². The van der Waals surface area contributed by atoms with E-state index >= 15 is 0 Å². The van der Waals surface area contributed by atoms with Crippen molar-refractivity contribution in [3.05, 3.63) is 16.4 Å². The highest BCUT2D eigenvalue weighted by Crippen LogP contribution is 2.35. The summed E-state index contributed by atoms with van der Waals surface area (Å²) in [5, 5.41) is 13.1.